The molecule has 1 amide bonds. The summed E-state index contributed by atoms with van der Waals surface area (Å²) in [6.45, 7) is 3.15. The van der Waals surface area contributed by atoms with E-state index in [1.165, 1.54) is 10.8 Å². The molecule has 2 aromatic carbocycles. The summed E-state index contributed by atoms with van der Waals surface area (Å²) in [4.78, 5) is 17.3. The molecule has 0 bridgehead atoms. The Bertz CT molecular complexity index is 824. The Labute approximate surface area is 167 Å². The van der Waals surface area contributed by atoms with Crippen molar-refractivity contribution in [2.24, 2.45) is 11.7 Å². The summed E-state index contributed by atoms with van der Waals surface area (Å²) in [6.07, 6.45) is 3.95. The summed E-state index contributed by atoms with van der Waals surface area (Å²) < 4.78 is 6.11. The topological polar surface area (TPSA) is 58.8 Å². The molecule has 5 nitrogen and oxygen atoms in total. The van der Waals surface area contributed by atoms with Crippen LogP contribution in [0.2, 0.25) is 0 Å². The van der Waals surface area contributed by atoms with Gasteiger partial charge >= 0.3 is 0 Å². The maximum absolute atomic E-state index is 13.0. The van der Waals surface area contributed by atoms with Gasteiger partial charge in [0, 0.05) is 25.0 Å². The number of nitrogens with two attached hydrogens (primary N) is 1. The van der Waals surface area contributed by atoms with E-state index in [0.29, 0.717) is 31.0 Å². The minimum Gasteiger partial charge on any atom is -0.493 e. The van der Waals surface area contributed by atoms with Crippen molar-refractivity contribution in [1.82, 2.24) is 9.80 Å². The number of piperazine rings is 1. The number of hydrogen-bond acceptors (Lipinski definition) is 4. The maximum Gasteiger partial charge on any atom is 0.240 e. The van der Waals surface area contributed by atoms with Crippen molar-refractivity contribution in [2.45, 2.75) is 37.8 Å². The molecule has 2 saturated heterocycles. The van der Waals surface area contributed by atoms with Crippen molar-refractivity contribution >= 4 is 16.7 Å². The number of fused-ring (bicyclic) bond motifs is 2. The van der Waals surface area contributed by atoms with Gasteiger partial charge in [0.1, 0.15) is 5.75 Å². The van der Waals surface area contributed by atoms with Crippen molar-refractivity contribution in [3.63, 3.8) is 0 Å². The van der Waals surface area contributed by atoms with Crippen LogP contribution in [0.5, 0.6) is 5.75 Å². The van der Waals surface area contributed by atoms with Gasteiger partial charge in [-0.05, 0) is 55.8 Å². The van der Waals surface area contributed by atoms with E-state index in [0.717, 1.165) is 44.5 Å². The molecule has 2 N–H and O–H groups in total. The van der Waals surface area contributed by atoms with Gasteiger partial charge in [0.2, 0.25) is 5.91 Å². The summed E-state index contributed by atoms with van der Waals surface area (Å²) in [5.41, 5.74) is 5.61. The fourth-order valence-corrected chi connectivity index (χ4v) is 4.71. The molecular formula is C23H31N3O2. The molecule has 0 spiro atoms. The van der Waals surface area contributed by atoms with Crippen LogP contribution in [0.1, 0.15) is 25.7 Å². The van der Waals surface area contributed by atoms with Crippen molar-refractivity contribution in [1.29, 1.82) is 0 Å². The Morgan fingerprint density at radius 2 is 1.93 bits per heavy atom. The van der Waals surface area contributed by atoms with Crippen molar-refractivity contribution in [3.05, 3.63) is 42.5 Å². The molecule has 2 aromatic rings. The van der Waals surface area contributed by atoms with E-state index in [1.807, 2.05) is 12.1 Å². The lowest BCUT2D eigenvalue weighted by atomic mass is 10.0. The maximum atomic E-state index is 13.0. The van der Waals surface area contributed by atoms with Gasteiger partial charge in [0.05, 0.1) is 12.6 Å². The zero-order chi connectivity index (χ0) is 19.5. The van der Waals surface area contributed by atoms with Crippen LogP contribution in [0, 0.1) is 5.92 Å². The number of carbonyl (C=O) groups is 1. The van der Waals surface area contributed by atoms with Gasteiger partial charge in [-0.1, -0.05) is 36.8 Å². The van der Waals surface area contributed by atoms with Gasteiger partial charge in [-0.15, -0.1) is 0 Å². The predicted molar refractivity (Wildman–Crippen MR) is 112 cm³/mol. The first-order valence-electron chi connectivity index (χ1n) is 10.5. The molecule has 0 radical (unpaired) electrons. The normalized spacial score (nSPS) is 25.3. The fraction of sp³-hybridized carbons (Fsp3) is 0.522. The highest BCUT2D eigenvalue weighted by molar-refractivity contribution is 5.84. The third-order valence-corrected chi connectivity index (χ3v) is 6.24. The summed E-state index contributed by atoms with van der Waals surface area (Å²) >= 11 is 0. The van der Waals surface area contributed by atoms with Crippen LogP contribution in [-0.4, -0.2) is 61.1 Å². The largest absolute Gasteiger partial charge is 0.493 e. The first-order chi connectivity index (χ1) is 13.7. The average molecular weight is 382 g/mol. The lowest BCUT2D eigenvalue weighted by molar-refractivity contribution is -0.143. The van der Waals surface area contributed by atoms with Gasteiger partial charge in [0.25, 0.3) is 0 Å². The number of ether oxygens (including phenoxy) is 1. The van der Waals surface area contributed by atoms with Gasteiger partial charge in [0.15, 0.2) is 0 Å². The van der Waals surface area contributed by atoms with E-state index < -0.39 is 0 Å². The number of carbonyl (C=O) groups excluding carboxylic acids is 1. The van der Waals surface area contributed by atoms with Crippen LogP contribution in [0.3, 0.4) is 0 Å². The van der Waals surface area contributed by atoms with Crippen LogP contribution in [0.15, 0.2) is 42.5 Å². The number of benzene rings is 2. The summed E-state index contributed by atoms with van der Waals surface area (Å²) in [6, 6.07) is 14.9. The second-order valence-electron chi connectivity index (χ2n) is 8.31. The van der Waals surface area contributed by atoms with E-state index >= 15 is 0 Å². The minimum absolute atomic E-state index is 0.0166. The minimum atomic E-state index is 0.0166. The average Bonchev–Trinajstić information content (AvgIpc) is 3.12. The Morgan fingerprint density at radius 1 is 1.11 bits per heavy atom. The second-order valence-corrected chi connectivity index (χ2v) is 8.31. The van der Waals surface area contributed by atoms with E-state index in [4.69, 9.17) is 10.5 Å². The van der Waals surface area contributed by atoms with Crippen molar-refractivity contribution in [3.8, 4) is 5.75 Å². The monoisotopic (exact) mass is 381 g/mol. The molecule has 1 unspecified atom stereocenters. The van der Waals surface area contributed by atoms with Gasteiger partial charge in [-0.25, -0.2) is 0 Å². The zero-order valence-corrected chi connectivity index (χ0v) is 16.7. The fourth-order valence-electron chi connectivity index (χ4n) is 4.71. The first-order valence-corrected chi connectivity index (χ1v) is 10.5. The van der Waals surface area contributed by atoms with Gasteiger partial charge < -0.3 is 15.4 Å². The Hall–Kier alpha value is -2.11. The molecule has 150 valence electrons. The van der Waals surface area contributed by atoms with Gasteiger partial charge in [-0.2, -0.15) is 0 Å². The zero-order valence-electron chi connectivity index (χ0n) is 16.7. The highest BCUT2D eigenvalue weighted by atomic mass is 16.5. The SMILES string of the molecule is CN1CC2C[C@H](COc3ccc4ccccc4c3)CN2C(=O)[C@@H]1CCCCN. The molecule has 2 heterocycles. The molecule has 0 aliphatic carbocycles. The third kappa shape index (κ3) is 4.01. The number of amides is 1. The smallest absolute Gasteiger partial charge is 0.240 e. The number of hydrogen-bond donors (Lipinski definition) is 1. The number of rotatable bonds is 7. The van der Waals surface area contributed by atoms with Gasteiger partial charge in [-0.3, -0.25) is 9.69 Å². The molecule has 2 fully saturated rings. The molecular weight excluding hydrogens is 350 g/mol. The molecule has 4 rings (SSSR count). The third-order valence-electron chi connectivity index (χ3n) is 6.24. The van der Waals surface area contributed by atoms with E-state index in [-0.39, 0.29) is 6.04 Å². The molecule has 5 heteroatoms. The number of unbranched alkanes of at least 4 members (excludes halogenated alkanes) is 1. The molecule has 3 atom stereocenters. The lowest BCUT2D eigenvalue weighted by Gasteiger charge is -2.41. The molecule has 0 aromatic heterocycles. The van der Waals surface area contributed by atoms with E-state index in [2.05, 4.69) is 47.2 Å². The Morgan fingerprint density at radius 3 is 2.75 bits per heavy atom. The predicted octanol–water partition coefficient (Wildman–Crippen LogP) is 2.88. The van der Waals surface area contributed by atoms with Crippen LogP contribution in [-0.2, 0) is 4.79 Å². The first kappa shape index (κ1) is 19.2. The Kier molecular flexibility index (Phi) is 5.83. The molecule has 0 saturated carbocycles. The summed E-state index contributed by atoms with van der Waals surface area (Å²) in [5, 5.41) is 2.42. The number of nitrogens with zero attached hydrogens (tertiary/aromatic N) is 2. The van der Waals surface area contributed by atoms with E-state index in [9.17, 15) is 4.79 Å². The van der Waals surface area contributed by atoms with E-state index in [1.54, 1.807) is 0 Å². The Balaban J connectivity index is 1.34. The molecule has 2 aliphatic rings. The number of likely N-dealkylation sites (N-methyl/N-ethyl adjacent to an activating group) is 1. The molecule has 2 aliphatic heterocycles. The highest BCUT2D eigenvalue weighted by Gasteiger charge is 2.43. The van der Waals surface area contributed by atoms with Crippen LogP contribution >= 0.6 is 0 Å². The molecule has 28 heavy (non-hydrogen) atoms. The standard InChI is InChI=1S/C23H31N3O2/c1-25-15-20-12-17(14-26(20)23(27)22(25)8-4-5-11-24)16-28-21-10-9-18-6-2-3-7-19(18)13-21/h2-3,6-7,9-10,13,17,20,22H,4-5,8,11-12,14-16,24H2,1H3/t17-,20?,22-/m0/s1. The summed E-state index contributed by atoms with van der Waals surface area (Å²) in [5.74, 6) is 1.60. The summed E-state index contributed by atoms with van der Waals surface area (Å²) in [7, 11) is 2.08. The second kappa shape index (κ2) is 8.50. The van der Waals surface area contributed by atoms with Crippen LogP contribution in [0.25, 0.3) is 10.8 Å². The highest BCUT2D eigenvalue weighted by Crippen LogP contribution is 2.31. The van der Waals surface area contributed by atoms with Crippen LogP contribution < -0.4 is 10.5 Å². The van der Waals surface area contributed by atoms with Crippen molar-refractivity contribution < 1.29 is 9.53 Å². The van der Waals surface area contributed by atoms with Crippen LogP contribution in [0.4, 0.5) is 0 Å². The quantitative estimate of drug-likeness (QED) is 0.749. The lowest BCUT2D eigenvalue weighted by Crippen LogP contribution is -2.58. The van der Waals surface area contributed by atoms with Crippen molar-refractivity contribution in [2.75, 3.05) is 33.3 Å².